The fraction of sp³-hybridized carbons (Fsp3) is 0.316. The fourth-order valence-corrected chi connectivity index (χ4v) is 2.98. The van der Waals surface area contributed by atoms with E-state index >= 15 is 0 Å². The Morgan fingerprint density at radius 3 is 2.64 bits per heavy atom. The van der Waals surface area contributed by atoms with Gasteiger partial charge in [0.25, 0.3) is 0 Å². The van der Waals surface area contributed by atoms with E-state index in [0.29, 0.717) is 19.7 Å². The summed E-state index contributed by atoms with van der Waals surface area (Å²) < 4.78 is 11.5. The molecule has 0 radical (unpaired) electrons. The topological polar surface area (TPSA) is 50.8 Å². The van der Waals surface area contributed by atoms with Gasteiger partial charge in [0.2, 0.25) is 0 Å². The monoisotopic (exact) mass is 358 g/mol. The first-order valence-electron chi connectivity index (χ1n) is 8.16. The van der Waals surface area contributed by atoms with Gasteiger partial charge in [-0.1, -0.05) is 24.3 Å². The molecule has 1 aliphatic heterocycles. The Labute approximate surface area is 152 Å². The molecule has 0 unspecified atom stereocenters. The van der Waals surface area contributed by atoms with Crippen molar-refractivity contribution in [2.45, 2.75) is 17.5 Å². The Bertz CT molecular complexity index is 721. The number of benzene rings is 2. The Hall–Kier alpha value is -2.34. The third-order valence-electron chi connectivity index (χ3n) is 3.97. The molecule has 25 heavy (non-hydrogen) atoms. The Morgan fingerprint density at radius 1 is 1.20 bits per heavy atom. The molecule has 1 heterocycles. The summed E-state index contributed by atoms with van der Waals surface area (Å²) in [6.07, 6.45) is 1.86. The smallest absolute Gasteiger partial charge is 0.317 e. The van der Waals surface area contributed by atoms with Gasteiger partial charge < -0.3 is 19.7 Å². The second kappa shape index (κ2) is 8.16. The molecule has 1 atom stereocenters. The summed E-state index contributed by atoms with van der Waals surface area (Å²) in [7, 11) is 1.78. The average molecular weight is 358 g/mol. The maximum Gasteiger partial charge on any atom is 0.317 e. The van der Waals surface area contributed by atoms with Crippen molar-refractivity contribution >= 4 is 17.8 Å². The van der Waals surface area contributed by atoms with Gasteiger partial charge in [0.05, 0.1) is 6.54 Å². The van der Waals surface area contributed by atoms with Crippen LogP contribution in [0.4, 0.5) is 4.79 Å². The molecule has 2 amide bonds. The van der Waals surface area contributed by atoms with Crippen molar-refractivity contribution in [2.24, 2.45) is 0 Å². The van der Waals surface area contributed by atoms with Gasteiger partial charge in [-0.3, -0.25) is 0 Å². The predicted octanol–water partition coefficient (Wildman–Crippen LogP) is 3.39. The van der Waals surface area contributed by atoms with Crippen LogP contribution in [0.2, 0.25) is 0 Å². The first-order chi connectivity index (χ1) is 12.2. The van der Waals surface area contributed by atoms with Crippen molar-refractivity contribution in [2.75, 3.05) is 26.5 Å². The molecule has 5 nitrogen and oxygen atoms in total. The summed E-state index contributed by atoms with van der Waals surface area (Å²) in [5, 5.41) is 2.90. The summed E-state index contributed by atoms with van der Waals surface area (Å²) in [4.78, 5) is 15.1. The van der Waals surface area contributed by atoms with Crippen LogP contribution >= 0.6 is 11.8 Å². The van der Waals surface area contributed by atoms with Crippen LogP contribution in [0.1, 0.15) is 5.56 Å². The molecule has 0 aromatic heterocycles. The van der Waals surface area contributed by atoms with Crippen molar-refractivity contribution in [3.8, 4) is 11.5 Å². The number of fused-ring (bicyclic) bond motifs is 1. The van der Waals surface area contributed by atoms with Crippen LogP contribution in [0.15, 0.2) is 53.4 Å². The predicted molar refractivity (Wildman–Crippen MR) is 99.4 cm³/mol. The fourth-order valence-electron chi connectivity index (χ4n) is 2.58. The molecular formula is C19H22N2O3S. The lowest BCUT2D eigenvalue weighted by atomic mass is 10.2. The highest BCUT2D eigenvalue weighted by Crippen LogP contribution is 2.30. The molecule has 6 heteroatoms. The van der Waals surface area contributed by atoms with Crippen molar-refractivity contribution < 1.29 is 14.3 Å². The molecule has 2 aromatic rings. The molecule has 0 aliphatic carbocycles. The molecular weight excluding hydrogens is 336 g/mol. The number of rotatable bonds is 5. The molecule has 3 rings (SSSR count). The lowest BCUT2D eigenvalue weighted by Crippen LogP contribution is -2.44. The van der Waals surface area contributed by atoms with Gasteiger partial charge in [0.15, 0.2) is 17.6 Å². The van der Waals surface area contributed by atoms with E-state index in [4.69, 9.17) is 9.47 Å². The van der Waals surface area contributed by atoms with Crippen LogP contribution < -0.4 is 14.8 Å². The largest absolute Gasteiger partial charge is 0.486 e. The minimum absolute atomic E-state index is 0.128. The van der Waals surface area contributed by atoms with Gasteiger partial charge in [0.1, 0.15) is 6.61 Å². The number of nitrogens with zero attached hydrogens (tertiary/aromatic N) is 1. The normalized spacial score (nSPS) is 15.5. The van der Waals surface area contributed by atoms with Crippen molar-refractivity contribution in [3.05, 3.63) is 54.1 Å². The van der Waals surface area contributed by atoms with Gasteiger partial charge in [-0.15, -0.1) is 11.8 Å². The summed E-state index contributed by atoms with van der Waals surface area (Å²) in [5.74, 6) is 1.46. The molecule has 0 saturated heterocycles. The second-order valence-electron chi connectivity index (χ2n) is 5.89. The quantitative estimate of drug-likeness (QED) is 0.833. The van der Waals surface area contributed by atoms with E-state index in [0.717, 1.165) is 17.1 Å². The molecule has 0 fully saturated rings. The number of para-hydroxylation sites is 2. The number of amides is 2. The SMILES string of the molecule is CSc1ccc(CN(C)C(=O)NC[C@H]2COc3ccccc3O2)cc1. The third-order valence-corrected chi connectivity index (χ3v) is 4.72. The second-order valence-corrected chi connectivity index (χ2v) is 6.77. The van der Waals surface area contributed by atoms with Crippen molar-refractivity contribution in [1.29, 1.82) is 0 Å². The van der Waals surface area contributed by atoms with Crippen LogP contribution in [0, 0.1) is 0 Å². The number of nitrogens with one attached hydrogen (secondary N) is 1. The molecule has 1 aliphatic rings. The molecule has 132 valence electrons. The lowest BCUT2D eigenvalue weighted by molar-refractivity contribution is 0.0904. The van der Waals surface area contributed by atoms with Crippen molar-refractivity contribution in [3.63, 3.8) is 0 Å². The van der Waals surface area contributed by atoms with Crippen molar-refractivity contribution in [1.82, 2.24) is 10.2 Å². The number of hydrogen-bond donors (Lipinski definition) is 1. The van der Waals surface area contributed by atoms with Gasteiger partial charge >= 0.3 is 6.03 Å². The highest BCUT2D eigenvalue weighted by atomic mass is 32.2. The molecule has 2 aromatic carbocycles. The highest BCUT2D eigenvalue weighted by molar-refractivity contribution is 7.98. The zero-order valence-electron chi connectivity index (χ0n) is 14.4. The summed E-state index contributed by atoms with van der Waals surface area (Å²) in [5.41, 5.74) is 1.10. The van der Waals surface area contributed by atoms with E-state index in [9.17, 15) is 4.79 Å². The number of hydrogen-bond acceptors (Lipinski definition) is 4. The Balaban J connectivity index is 1.47. The maximum atomic E-state index is 12.3. The van der Waals surface area contributed by atoms with E-state index in [1.54, 1.807) is 23.7 Å². The molecule has 0 spiro atoms. The zero-order chi connectivity index (χ0) is 17.6. The minimum atomic E-state index is -0.187. The lowest BCUT2D eigenvalue weighted by Gasteiger charge is -2.27. The number of carbonyl (C=O) groups excluding carboxylic acids is 1. The minimum Gasteiger partial charge on any atom is -0.486 e. The zero-order valence-corrected chi connectivity index (χ0v) is 15.2. The number of carbonyl (C=O) groups is 1. The first kappa shape index (κ1) is 17.5. The van der Waals surface area contributed by atoms with Crippen LogP contribution in [0.3, 0.4) is 0 Å². The van der Waals surface area contributed by atoms with Crippen LogP contribution in [0.5, 0.6) is 11.5 Å². The molecule has 0 saturated carbocycles. The van der Waals surface area contributed by atoms with E-state index in [1.807, 2.05) is 42.7 Å². The van der Waals surface area contributed by atoms with Gasteiger partial charge in [0, 0.05) is 18.5 Å². The molecule has 1 N–H and O–H groups in total. The number of ether oxygens (including phenoxy) is 2. The number of thioether (sulfide) groups is 1. The Morgan fingerprint density at radius 2 is 1.92 bits per heavy atom. The summed E-state index contributed by atoms with van der Waals surface area (Å²) >= 11 is 1.70. The Kier molecular flexibility index (Phi) is 5.71. The van der Waals surface area contributed by atoms with Gasteiger partial charge in [-0.05, 0) is 36.1 Å². The average Bonchev–Trinajstić information content (AvgIpc) is 2.66. The van der Waals surface area contributed by atoms with E-state index < -0.39 is 0 Å². The van der Waals surface area contributed by atoms with Crippen LogP contribution in [0.25, 0.3) is 0 Å². The van der Waals surface area contributed by atoms with E-state index in [2.05, 4.69) is 17.4 Å². The maximum absolute atomic E-state index is 12.3. The van der Waals surface area contributed by atoms with Gasteiger partial charge in [-0.25, -0.2) is 4.79 Å². The third kappa shape index (κ3) is 4.60. The van der Waals surface area contributed by atoms with E-state index in [1.165, 1.54) is 4.90 Å². The summed E-state index contributed by atoms with van der Waals surface area (Å²) in [6, 6.07) is 15.6. The van der Waals surface area contributed by atoms with Crippen LogP contribution in [-0.4, -0.2) is 43.5 Å². The van der Waals surface area contributed by atoms with E-state index in [-0.39, 0.29) is 12.1 Å². The van der Waals surface area contributed by atoms with Gasteiger partial charge in [-0.2, -0.15) is 0 Å². The highest BCUT2D eigenvalue weighted by Gasteiger charge is 2.21. The number of urea groups is 1. The van der Waals surface area contributed by atoms with Crippen LogP contribution in [-0.2, 0) is 6.54 Å². The first-order valence-corrected chi connectivity index (χ1v) is 9.38. The molecule has 0 bridgehead atoms. The standard InChI is InChI=1S/C19H22N2O3S/c1-21(12-14-7-9-16(25-2)10-8-14)19(22)20-11-15-13-23-17-5-3-4-6-18(17)24-15/h3-10,15H,11-13H2,1-2H3,(H,20,22)/t15-/m0/s1. The summed E-state index contributed by atoms with van der Waals surface area (Å²) in [6.45, 7) is 1.39.